The van der Waals surface area contributed by atoms with Gasteiger partial charge < -0.3 is 15.5 Å². The standard InChI is InChI=1S/C20H26N4O2S/c1-2-10-24(20(26)17-14-27-18(13-21)22-17)16-8-11-23(12-9-16)19(25)15-6-4-3-5-7-15/h3-7,14,16H,2,8-13,21H2,1H3. The molecule has 0 spiro atoms. The lowest BCUT2D eigenvalue weighted by Crippen LogP contribution is -2.49. The van der Waals surface area contributed by atoms with Crippen LogP contribution < -0.4 is 5.73 Å². The summed E-state index contributed by atoms with van der Waals surface area (Å²) < 4.78 is 0. The Morgan fingerprint density at radius 3 is 2.56 bits per heavy atom. The van der Waals surface area contributed by atoms with Gasteiger partial charge in [0.1, 0.15) is 10.7 Å². The number of amides is 2. The molecule has 1 fully saturated rings. The first-order valence-corrected chi connectivity index (χ1v) is 10.3. The zero-order chi connectivity index (χ0) is 19.2. The van der Waals surface area contributed by atoms with Gasteiger partial charge in [-0.1, -0.05) is 25.1 Å². The first-order valence-electron chi connectivity index (χ1n) is 9.43. The van der Waals surface area contributed by atoms with E-state index in [4.69, 9.17) is 5.73 Å². The molecule has 1 aliphatic heterocycles. The summed E-state index contributed by atoms with van der Waals surface area (Å²) in [6, 6.07) is 9.50. The van der Waals surface area contributed by atoms with E-state index in [0.717, 1.165) is 24.3 Å². The van der Waals surface area contributed by atoms with Gasteiger partial charge >= 0.3 is 0 Å². The summed E-state index contributed by atoms with van der Waals surface area (Å²) in [7, 11) is 0. The third-order valence-electron chi connectivity index (χ3n) is 4.88. The van der Waals surface area contributed by atoms with E-state index >= 15 is 0 Å². The molecule has 27 heavy (non-hydrogen) atoms. The van der Waals surface area contributed by atoms with Crippen LogP contribution in [0.25, 0.3) is 0 Å². The number of carbonyl (C=O) groups excluding carboxylic acids is 2. The highest BCUT2D eigenvalue weighted by molar-refractivity contribution is 7.09. The van der Waals surface area contributed by atoms with E-state index in [1.54, 1.807) is 5.38 Å². The molecule has 2 heterocycles. The molecular formula is C20H26N4O2S. The van der Waals surface area contributed by atoms with Crippen LogP contribution in [0.2, 0.25) is 0 Å². The molecule has 0 bridgehead atoms. The average molecular weight is 387 g/mol. The van der Waals surface area contributed by atoms with Gasteiger partial charge in [-0.05, 0) is 31.4 Å². The van der Waals surface area contributed by atoms with Crippen molar-refractivity contribution in [2.24, 2.45) is 5.73 Å². The molecule has 2 aromatic rings. The van der Waals surface area contributed by atoms with Gasteiger partial charge in [0.15, 0.2) is 0 Å². The normalized spacial score (nSPS) is 15.0. The summed E-state index contributed by atoms with van der Waals surface area (Å²) in [5, 5.41) is 2.57. The number of nitrogens with zero attached hydrogens (tertiary/aromatic N) is 3. The molecule has 1 saturated heterocycles. The van der Waals surface area contributed by atoms with Crippen molar-refractivity contribution in [3.05, 3.63) is 52.0 Å². The van der Waals surface area contributed by atoms with Crippen molar-refractivity contribution in [1.29, 1.82) is 0 Å². The second-order valence-corrected chi connectivity index (χ2v) is 7.66. The number of benzene rings is 1. The number of hydrogen-bond acceptors (Lipinski definition) is 5. The zero-order valence-electron chi connectivity index (χ0n) is 15.6. The predicted molar refractivity (Wildman–Crippen MR) is 107 cm³/mol. The summed E-state index contributed by atoms with van der Waals surface area (Å²) in [4.78, 5) is 33.7. The number of thiazole rings is 1. The van der Waals surface area contributed by atoms with Gasteiger partial charge in [-0.3, -0.25) is 9.59 Å². The van der Waals surface area contributed by atoms with E-state index in [-0.39, 0.29) is 17.9 Å². The zero-order valence-corrected chi connectivity index (χ0v) is 16.5. The predicted octanol–water partition coefficient (Wildman–Crippen LogP) is 2.76. The number of likely N-dealkylation sites (tertiary alicyclic amines) is 1. The SMILES string of the molecule is CCCN(C(=O)c1csc(CN)n1)C1CCN(C(=O)c2ccccc2)CC1. The second-order valence-electron chi connectivity index (χ2n) is 6.72. The summed E-state index contributed by atoms with van der Waals surface area (Å²) in [5.41, 5.74) is 6.82. The lowest BCUT2D eigenvalue weighted by molar-refractivity contribution is 0.0516. The first-order chi connectivity index (χ1) is 13.1. The molecule has 0 unspecified atom stereocenters. The van der Waals surface area contributed by atoms with Crippen molar-refractivity contribution in [3.63, 3.8) is 0 Å². The van der Waals surface area contributed by atoms with Crippen molar-refractivity contribution >= 4 is 23.2 Å². The molecule has 144 valence electrons. The molecule has 0 radical (unpaired) electrons. The molecule has 0 aliphatic carbocycles. The highest BCUT2D eigenvalue weighted by Gasteiger charge is 2.30. The minimum Gasteiger partial charge on any atom is -0.338 e. The van der Waals surface area contributed by atoms with E-state index in [1.807, 2.05) is 40.1 Å². The van der Waals surface area contributed by atoms with E-state index in [1.165, 1.54) is 11.3 Å². The molecule has 0 atom stereocenters. The third kappa shape index (κ3) is 4.54. The minimum atomic E-state index is -0.0272. The van der Waals surface area contributed by atoms with Crippen molar-refractivity contribution in [2.45, 2.75) is 38.8 Å². The van der Waals surface area contributed by atoms with Crippen LogP contribution in [0.1, 0.15) is 52.0 Å². The third-order valence-corrected chi connectivity index (χ3v) is 5.76. The van der Waals surface area contributed by atoms with Crippen LogP contribution in [0.3, 0.4) is 0 Å². The molecule has 1 aliphatic rings. The van der Waals surface area contributed by atoms with Crippen molar-refractivity contribution in [1.82, 2.24) is 14.8 Å². The van der Waals surface area contributed by atoms with Gasteiger partial charge in [-0.25, -0.2) is 4.98 Å². The van der Waals surface area contributed by atoms with E-state index in [2.05, 4.69) is 11.9 Å². The fourth-order valence-electron chi connectivity index (χ4n) is 3.48. The fourth-order valence-corrected chi connectivity index (χ4v) is 4.13. The van der Waals surface area contributed by atoms with Crippen molar-refractivity contribution in [3.8, 4) is 0 Å². The number of hydrogen-bond donors (Lipinski definition) is 1. The molecule has 2 N–H and O–H groups in total. The quantitative estimate of drug-likeness (QED) is 0.828. The number of rotatable bonds is 6. The Labute approximate surface area is 164 Å². The molecule has 1 aromatic carbocycles. The molecule has 2 amide bonds. The monoisotopic (exact) mass is 386 g/mol. The number of aromatic nitrogens is 1. The van der Waals surface area contributed by atoms with Crippen LogP contribution in [0.4, 0.5) is 0 Å². The molecule has 1 aromatic heterocycles. The van der Waals surface area contributed by atoms with E-state index in [0.29, 0.717) is 37.4 Å². The highest BCUT2D eigenvalue weighted by atomic mass is 32.1. The Balaban J connectivity index is 1.64. The maximum Gasteiger partial charge on any atom is 0.273 e. The fraction of sp³-hybridized carbons (Fsp3) is 0.450. The number of nitrogens with two attached hydrogens (primary N) is 1. The Bertz CT molecular complexity index is 769. The van der Waals surface area contributed by atoms with Crippen LogP contribution >= 0.6 is 11.3 Å². The van der Waals surface area contributed by atoms with E-state index < -0.39 is 0 Å². The van der Waals surface area contributed by atoms with Gasteiger partial charge in [0.25, 0.3) is 11.8 Å². The second kappa shape index (κ2) is 9.10. The maximum atomic E-state index is 12.9. The summed E-state index contributed by atoms with van der Waals surface area (Å²) >= 11 is 1.43. The summed E-state index contributed by atoms with van der Waals surface area (Å²) in [6.07, 6.45) is 2.47. The Kier molecular flexibility index (Phi) is 6.58. The molecule has 3 rings (SSSR count). The first kappa shape index (κ1) is 19.5. The van der Waals surface area contributed by atoms with Crippen LogP contribution in [0.5, 0.6) is 0 Å². The van der Waals surface area contributed by atoms with Crippen LogP contribution in [0, 0.1) is 0 Å². The van der Waals surface area contributed by atoms with Gasteiger partial charge in [0.2, 0.25) is 0 Å². The van der Waals surface area contributed by atoms with Gasteiger partial charge in [0, 0.05) is 43.2 Å². The maximum absolute atomic E-state index is 12.9. The topological polar surface area (TPSA) is 79.5 Å². The van der Waals surface area contributed by atoms with Crippen LogP contribution in [-0.2, 0) is 6.54 Å². The summed E-state index contributed by atoms with van der Waals surface area (Å²) in [6.45, 7) is 4.45. The lowest BCUT2D eigenvalue weighted by atomic mass is 10.0. The van der Waals surface area contributed by atoms with Gasteiger partial charge in [-0.15, -0.1) is 11.3 Å². The largest absolute Gasteiger partial charge is 0.338 e. The number of carbonyl (C=O) groups is 2. The lowest BCUT2D eigenvalue weighted by Gasteiger charge is -2.38. The smallest absolute Gasteiger partial charge is 0.273 e. The molecule has 0 saturated carbocycles. The molecule has 7 heteroatoms. The Morgan fingerprint density at radius 1 is 1.26 bits per heavy atom. The van der Waals surface area contributed by atoms with Gasteiger partial charge in [0.05, 0.1) is 0 Å². The Hall–Kier alpha value is -2.25. The summed E-state index contributed by atoms with van der Waals surface area (Å²) in [5.74, 6) is 0.0372. The minimum absolute atomic E-state index is 0.0272. The molecule has 6 nitrogen and oxygen atoms in total. The van der Waals surface area contributed by atoms with Crippen molar-refractivity contribution in [2.75, 3.05) is 19.6 Å². The van der Waals surface area contributed by atoms with Gasteiger partial charge in [-0.2, -0.15) is 0 Å². The Morgan fingerprint density at radius 2 is 1.96 bits per heavy atom. The van der Waals surface area contributed by atoms with Crippen molar-refractivity contribution < 1.29 is 9.59 Å². The van der Waals surface area contributed by atoms with Crippen LogP contribution in [-0.4, -0.2) is 52.3 Å². The van der Waals surface area contributed by atoms with E-state index in [9.17, 15) is 9.59 Å². The molecular weight excluding hydrogens is 360 g/mol. The average Bonchev–Trinajstić information content (AvgIpc) is 3.21. The highest BCUT2D eigenvalue weighted by Crippen LogP contribution is 2.21. The van der Waals surface area contributed by atoms with Crippen LogP contribution in [0.15, 0.2) is 35.7 Å². The number of piperidine rings is 1.